The first-order valence-electron chi connectivity index (χ1n) is 4.96. The lowest BCUT2D eigenvalue weighted by atomic mass is 10.4. The van der Waals surface area contributed by atoms with E-state index in [2.05, 4.69) is 42.6 Å². The van der Waals surface area contributed by atoms with Crippen LogP contribution in [0.15, 0.2) is 46.7 Å². The molecular formula is C12H14S3. The van der Waals surface area contributed by atoms with Crippen LogP contribution < -0.4 is 0 Å². The predicted molar refractivity (Wildman–Crippen MR) is 74.3 cm³/mol. The maximum Gasteiger partial charge on any atom is 0.0232 e. The molecule has 0 spiro atoms. The Morgan fingerprint density at radius 2 is 1.87 bits per heavy atom. The van der Waals surface area contributed by atoms with Crippen LogP contribution in [-0.4, -0.2) is 22.5 Å². The van der Waals surface area contributed by atoms with Crippen LogP contribution in [0.4, 0.5) is 0 Å². The van der Waals surface area contributed by atoms with Gasteiger partial charge in [-0.2, -0.15) is 11.8 Å². The highest BCUT2D eigenvalue weighted by molar-refractivity contribution is 8.08. The van der Waals surface area contributed by atoms with E-state index >= 15 is 0 Å². The van der Waals surface area contributed by atoms with Gasteiger partial charge in [0, 0.05) is 32.3 Å². The van der Waals surface area contributed by atoms with Crippen molar-refractivity contribution in [2.24, 2.45) is 0 Å². The van der Waals surface area contributed by atoms with E-state index in [9.17, 15) is 0 Å². The highest BCUT2D eigenvalue weighted by atomic mass is 32.2. The zero-order chi connectivity index (χ0) is 10.5. The molecule has 0 nitrogen and oxygen atoms in total. The quantitative estimate of drug-likeness (QED) is 0.425. The van der Waals surface area contributed by atoms with Gasteiger partial charge in [0.2, 0.25) is 0 Å². The highest BCUT2D eigenvalue weighted by Gasteiger charge is 2.21. The molecule has 1 aliphatic rings. The second-order valence-electron chi connectivity index (χ2n) is 3.34. The third-order valence-electron chi connectivity index (χ3n) is 2.03. The summed E-state index contributed by atoms with van der Waals surface area (Å²) in [7, 11) is 0. The third kappa shape index (κ3) is 4.17. The van der Waals surface area contributed by atoms with Gasteiger partial charge in [-0.05, 0) is 24.3 Å². The number of hydrogen-bond donors (Lipinski definition) is 0. The van der Waals surface area contributed by atoms with Crippen molar-refractivity contribution in [2.75, 3.05) is 17.3 Å². The molecule has 1 aromatic carbocycles. The molecule has 2 rings (SSSR count). The monoisotopic (exact) mass is 254 g/mol. The lowest BCUT2D eigenvalue weighted by molar-refractivity contribution is 1.26. The Hall–Kier alpha value is 0.01000. The molecule has 0 aliphatic carbocycles. The maximum absolute atomic E-state index is 3.72. The Kier molecular flexibility index (Phi) is 4.54. The van der Waals surface area contributed by atoms with Crippen LogP contribution in [0, 0.1) is 0 Å². The fourth-order valence-electron chi connectivity index (χ4n) is 1.14. The summed E-state index contributed by atoms with van der Waals surface area (Å²) in [6.07, 6.45) is 1.94. The van der Waals surface area contributed by atoms with Gasteiger partial charge in [0.05, 0.1) is 0 Å². The summed E-state index contributed by atoms with van der Waals surface area (Å²) >= 11 is 5.87. The number of thioether (sulfide) groups is 3. The zero-order valence-electron chi connectivity index (χ0n) is 8.52. The normalized spacial score (nSPS) is 18.8. The molecule has 1 saturated heterocycles. The highest BCUT2D eigenvalue weighted by Crippen LogP contribution is 2.35. The summed E-state index contributed by atoms with van der Waals surface area (Å²) in [5.41, 5.74) is 0. The van der Waals surface area contributed by atoms with Crippen molar-refractivity contribution in [3.8, 4) is 0 Å². The minimum absolute atomic E-state index is 0.921. The Morgan fingerprint density at radius 1 is 1.27 bits per heavy atom. The predicted octanol–water partition coefficient (Wildman–Crippen LogP) is 4.17. The van der Waals surface area contributed by atoms with Crippen LogP contribution in [0.3, 0.4) is 0 Å². The molecule has 1 aromatic rings. The number of rotatable bonds is 6. The summed E-state index contributed by atoms with van der Waals surface area (Å²) in [6.45, 7) is 3.72. The zero-order valence-corrected chi connectivity index (χ0v) is 11.0. The van der Waals surface area contributed by atoms with Crippen LogP contribution >= 0.6 is 35.3 Å². The minimum Gasteiger partial charge on any atom is -0.156 e. The van der Waals surface area contributed by atoms with Gasteiger partial charge < -0.3 is 0 Å². The lowest BCUT2D eigenvalue weighted by Gasteiger charge is -2.02. The molecule has 1 unspecified atom stereocenters. The van der Waals surface area contributed by atoms with E-state index in [0.717, 1.165) is 11.0 Å². The van der Waals surface area contributed by atoms with Crippen molar-refractivity contribution in [3.63, 3.8) is 0 Å². The van der Waals surface area contributed by atoms with Crippen molar-refractivity contribution in [3.05, 3.63) is 36.9 Å². The van der Waals surface area contributed by atoms with E-state index in [1.807, 2.05) is 29.6 Å². The molecule has 1 atom stereocenters. The van der Waals surface area contributed by atoms with Gasteiger partial charge in [-0.15, -0.1) is 30.1 Å². The Morgan fingerprint density at radius 3 is 2.40 bits per heavy atom. The summed E-state index contributed by atoms with van der Waals surface area (Å²) < 4.78 is 0. The first kappa shape index (κ1) is 11.5. The van der Waals surface area contributed by atoms with Gasteiger partial charge >= 0.3 is 0 Å². The van der Waals surface area contributed by atoms with Crippen LogP contribution in [0.5, 0.6) is 0 Å². The summed E-state index contributed by atoms with van der Waals surface area (Å²) in [6, 6.07) is 8.86. The summed E-state index contributed by atoms with van der Waals surface area (Å²) in [5, 5.41) is 0.921. The molecule has 1 heterocycles. The van der Waals surface area contributed by atoms with Crippen LogP contribution in [0.2, 0.25) is 0 Å². The van der Waals surface area contributed by atoms with Gasteiger partial charge in [0.1, 0.15) is 0 Å². The SMILES string of the molecule is C=CCSc1ccc(SCC2CS2)cc1. The van der Waals surface area contributed by atoms with E-state index < -0.39 is 0 Å². The maximum atomic E-state index is 3.72. The summed E-state index contributed by atoms with van der Waals surface area (Å²) in [5.74, 6) is 3.62. The fourth-order valence-corrected chi connectivity index (χ4v) is 3.60. The average molecular weight is 254 g/mol. The Balaban J connectivity index is 1.82. The smallest absolute Gasteiger partial charge is 0.0232 e. The molecule has 80 valence electrons. The average Bonchev–Trinajstić information content (AvgIpc) is 3.09. The first-order chi connectivity index (χ1) is 7.38. The molecule has 1 aliphatic heterocycles. The molecular weight excluding hydrogens is 240 g/mol. The second-order valence-corrected chi connectivity index (χ2v) is 6.86. The molecule has 0 N–H and O–H groups in total. The van der Waals surface area contributed by atoms with E-state index in [4.69, 9.17) is 0 Å². The van der Waals surface area contributed by atoms with Crippen molar-refractivity contribution >= 4 is 35.3 Å². The van der Waals surface area contributed by atoms with Crippen molar-refractivity contribution < 1.29 is 0 Å². The van der Waals surface area contributed by atoms with Crippen molar-refractivity contribution in [1.29, 1.82) is 0 Å². The minimum atomic E-state index is 0.921. The lowest BCUT2D eigenvalue weighted by Crippen LogP contribution is -1.86. The molecule has 1 fully saturated rings. The molecule has 0 bridgehead atoms. The van der Waals surface area contributed by atoms with Crippen LogP contribution in [-0.2, 0) is 0 Å². The standard InChI is InChI=1S/C12H14S3/c1-2-7-13-10-3-5-11(6-4-10)14-8-12-9-15-12/h2-6,12H,1,7-9H2. The van der Waals surface area contributed by atoms with Gasteiger partial charge in [-0.1, -0.05) is 6.08 Å². The van der Waals surface area contributed by atoms with E-state index in [0.29, 0.717) is 0 Å². The van der Waals surface area contributed by atoms with E-state index in [1.165, 1.54) is 21.3 Å². The van der Waals surface area contributed by atoms with E-state index in [1.54, 1.807) is 0 Å². The topological polar surface area (TPSA) is 0 Å². The van der Waals surface area contributed by atoms with Crippen molar-refractivity contribution in [1.82, 2.24) is 0 Å². The second kappa shape index (κ2) is 5.92. The number of hydrogen-bond acceptors (Lipinski definition) is 3. The first-order valence-corrected chi connectivity index (χ1v) is 7.98. The molecule has 0 amide bonds. The Labute approximate surface area is 104 Å². The van der Waals surface area contributed by atoms with Gasteiger partial charge in [0.25, 0.3) is 0 Å². The van der Waals surface area contributed by atoms with Gasteiger partial charge in [0.15, 0.2) is 0 Å². The molecule has 0 saturated carbocycles. The third-order valence-corrected chi connectivity index (χ3v) is 5.39. The van der Waals surface area contributed by atoms with Gasteiger partial charge in [-0.25, -0.2) is 0 Å². The molecule has 0 aromatic heterocycles. The summed E-state index contributed by atoms with van der Waals surface area (Å²) in [4.78, 5) is 2.73. The van der Waals surface area contributed by atoms with Crippen LogP contribution in [0.25, 0.3) is 0 Å². The molecule has 15 heavy (non-hydrogen) atoms. The fraction of sp³-hybridized carbons (Fsp3) is 0.333. The van der Waals surface area contributed by atoms with Gasteiger partial charge in [-0.3, -0.25) is 0 Å². The van der Waals surface area contributed by atoms with Crippen molar-refractivity contribution in [2.45, 2.75) is 15.0 Å². The number of benzene rings is 1. The Bertz CT molecular complexity index is 314. The van der Waals surface area contributed by atoms with E-state index in [-0.39, 0.29) is 0 Å². The largest absolute Gasteiger partial charge is 0.156 e. The molecule has 0 radical (unpaired) electrons. The van der Waals surface area contributed by atoms with Crippen LogP contribution in [0.1, 0.15) is 0 Å². The molecule has 3 heteroatoms.